The minimum atomic E-state index is 0.244. The summed E-state index contributed by atoms with van der Waals surface area (Å²) in [5, 5.41) is 10.9. The Hall–Kier alpha value is -2.15. The number of rotatable bonds is 8. The van der Waals surface area contributed by atoms with Gasteiger partial charge in [-0.1, -0.05) is 0 Å². The Balaban J connectivity index is 1.06. The number of hydrogen-bond acceptors (Lipinski definition) is 5. The summed E-state index contributed by atoms with van der Waals surface area (Å²) in [5.74, 6) is 1.70. The Labute approximate surface area is 172 Å². The maximum atomic E-state index is 12.5. The predicted molar refractivity (Wildman–Crippen MR) is 113 cm³/mol. The van der Waals surface area contributed by atoms with Crippen molar-refractivity contribution >= 4 is 17.2 Å². The molecule has 0 aromatic carbocycles. The third-order valence-electron chi connectivity index (χ3n) is 7.57. The van der Waals surface area contributed by atoms with E-state index in [0.29, 0.717) is 29.8 Å². The lowest BCUT2D eigenvalue weighted by molar-refractivity contribution is -0.122. The third kappa shape index (κ3) is 3.97. The molecule has 0 radical (unpaired) electrons. The van der Waals surface area contributed by atoms with Gasteiger partial charge in [0.05, 0.1) is 0 Å². The van der Waals surface area contributed by atoms with Crippen LogP contribution >= 0.6 is 0 Å². The van der Waals surface area contributed by atoms with Crippen molar-refractivity contribution in [1.82, 2.24) is 24.8 Å². The minimum absolute atomic E-state index is 0.244. The first-order valence-electron chi connectivity index (χ1n) is 11.1. The van der Waals surface area contributed by atoms with Gasteiger partial charge in [-0.2, -0.15) is 5.10 Å². The van der Waals surface area contributed by atoms with E-state index in [1.165, 1.54) is 38.5 Å². The van der Waals surface area contributed by atoms with Gasteiger partial charge in [-0.05, 0) is 75.5 Å². The van der Waals surface area contributed by atoms with Crippen LogP contribution in [0.25, 0.3) is 5.52 Å². The highest BCUT2D eigenvalue weighted by atomic mass is 16.1. The molecule has 1 aliphatic carbocycles. The molecule has 5 rings (SSSR count). The number of carbonyl (C=O) groups is 1. The number of piperidine rings is 1. The van der Waals surface area contributed by atoms with E-state index in [2.05, 4.69) is 32.7 Å². The first kappa shape index (κ1) is 18.9. The van der Waals surface area contributed by atoms with E-state index in [9.17, 15) is 4.79 Å². The highest BCUT2D eigenvalue weighted by Gasteiger charge is 2.42. The molecular weight excluding hydrogens is 364 g/mol. The molecule has 2 aliphatic heterocycles. The van der Waals surface area contributed by atoms with Crippen molar-refractivity contribution in [1.29, 1.82) is 0 Å². The molecule has 7 heteroatoms. The van der Waals surface area contributed by atoms with Crippen molar-refractivity contribution in [3.05, 3.63) is 24.7 Å². The van der Waals surface area contributed by atoms with Crippen LogP contribution in [0.2, 0.25) is 0 Å². The van der Waals surface area contributed by atoms with Crippen molar-refractivity contribution < 1.29 is 4.79 Å². The van der Waals surface area contributed by atoms with Gasteiger partial charge in [-0.15, -0.1) is 0 Å². The van der Waals surface area contributed by atoms with Crippen molar-refractivity contribution in [3.8, 4) is 0 Å². The average Bonchev–Trinajstić information content (AvgIpc) is 3.25. The van der Waals surface area contributed by atoms with Gasteiger partial charge in [0, 0.05) is 37.8 Å². The fourth-order valence-corrected chi connectivity index (χ4v) is 5.46. The maximum Gasteiger partial charge on any atom is 0.220 e. The molecule has 3 aliphatic rings. The third-order valence-corrected chi connectivity index (χ3v) is 7.57. The van der Waals surface area contributed by atoms with Crippen LogP contribution in [0.1, 0.15) is 51.4 Å². The van der Waals surface area contributed by atoms with Crippen molar-refractivity contribution in [3.63, 3.8) is 0 Å². The summed E-state index contributed by atoms with van der Waals surface area (Å²) in [6.45, 7) is 1.68. The van der Waals surface area contributed by atoms with E-state index in [-0.39, 0.29) is 5.91 Å². The van der Waals surface area contributed by atoms with Gasteiger partial charge in [-0.25, -0.2) is 9.50 Å². The molecule has 7 nitrogen and oxygen atoms in total. The Kier molecular flexibility index (Phi) is 4.94. The van der Waals surface area contributed by atoms with Crippen LogP contribution in [0, 0.1) is 11.3 Å². The molecule has 2 bridgehead atoms. The molecule has 29 heavy (non-hydrogen) atoms. The standard InChI is InChI=1S/C22H32N6O/c1-27-17-4-5-18(27)12-16(11-17)13-20(29)23-9-8-22(6-7-22)14-24-21-19-3-2-10-28(19)26-15-25-21/h2-3,10,15-18H,4-9,11-14H2,1H3,(H,23,29)(H,24,25,26). The van der Waals surface area contributed by atoms with Crippen LogP contribution in [-0.2, 0) is 4.79 Å². The molecule has 156 valence electrons. The highest BCUT2D eigenvalue weighted by Crippen LogP contribution is 2.48. The summed E-state index contributed by atoms with van der Waals surface area (Å²) in [5.41, 5.74) is 1.30. The topological polar surface area (TPSA) is 74.6 Å². The normalized spacial score (nSPS) is 27.8. The SMILES string of the molecule is CN1C2CCC1CC(CC(=O)NCCC1(CNc3ncnn4cccc34)CC1)C2. The molecule has 1 amide bonds. The van der Waals surface area contributed by atoms with E-state index < -0.39 is 0 Å². The van der Waals surface area contributed by atoms with E-state index >= 15 is 0 Å². The number of amides is 1. The van der Waals surface area contributed by atoms with E-state index in [0.717, 1.165) is 30.8 Å². The highest BCUT2D eigenvalue weighted by molar-refractivity contribution is 5.76. The van der Waals surface area contributed by atoms with Gasteiger partial charge < -0.3 is 15.5 Å². The zero-order valence-corrected chi connectivity index (χ0v) is 17.3. The zero-order chi connectivity index (χ0) is 19.8. The van der Waals surface area contributed by atoms with Crippen LogP contribution in [-0.4, -0.2) is 57.6 Å². The molecule has 2 aromatic rings. The first-order chi connectivity index (χ1) is 14.1. The lowest BCUT2D eigenvalue weighted by atomic mass is 9.88. The molecule has 2 aromatic heterocycles. The Morgan fingerprint density at radius 1 is 1.28 bits per heavy atom. The van der Waals surface area contributed by atoms with Crippen molar-refractivity contribution in [2.24, 2.45) is 11.3 Å². The molecule has 2 atom stereocenters. The second-order valence-corrected chi connectivity index (χ2v) is 9.49. The maximum absolute atomic E-state index is 12.5. The van der Waals surface area contributed by atoms with Crippen LogP contribution in [0.4, 0.5) is 5.82 Å². The van der Waals surface area contributed by atoms with Crippen LogP contribution < -0.4 is 10.6 Å². The van der Waals surface area contributed by atoms with E-state index in [1.807, 2.05) is 22.8 Å². The van der Waals surface area contributed by atoms with Crippen LogP contribution in [0.15, 0.2) is 24.7 Å². The summed E-state index contributed by atoms with van der Waals surface area (Å²) >= 11 is 0. The molecule has 2 unspecified atom stereocenters. The molecule has 2 saturated heterocycles. The van der Waals surface area contributed by atoms with Gasteiger partial charge >= 0.3 is 0 Å². The van der Waals surface area contributed by atoms with Gasteiger partial charge in [0.1, 0.15) is 11.8 Å². The fraction of sp³-hybridized carbons (Fsp3) is 0.682. The predicted octanol–water partition coefficient (Wildman–Crippen LogP) is 2.69. The number of fused-ring (bicyclic) bond motifs is 3. The smallest absolute Gasteiger partial charge is 0.220 e. The number of carbonyl (C=O) groups excluding carboxylic acids is 1. The van der Waals surface area contributed by atoms with Crippen LogP contribution in [0.3, 0.4) is 0 Å². The van der Waals surface area contributed by atoms with Gasteiger partial charge in [-0.3, -0.25) is 4.79 Å². The van der Waals surface area contributed by atoms with Gasteiger partial charge in [0.25, 0.3) is 0 Å². The number of anilines is 1. The van der Waals surface area contributed by atoms with Crippen LogP contribution in [0.5, 0.6) is 0 Å². The van der Waals surface area contributed by atoms with Crippen molar-refractivity contribution in [2.75, 3.05) is 25.5 Å². The summed E-state index contributed by atoms with van der Waals surface area (Å²) in [4.78, 5) is 19.4. The monoisotopic (exact) mass is 396 g/mol. The molecule has 0 spiro atoms. The molecular formula is C22H32N6O. The summed E-state index contributed by atoms with van der Waals surface area (Å²) in [7, 11) is 2.25. The molecule has 2 N–H and O–H groups in total. The molecule has 4 heterocycles. The van der Waals surface area contributed by atoms with E-state index in [1.54, 1.807) is 6.33 Å². The Morgan fingerprint density at radius 2 is 2.07 bits per heavy atom. The summed E-state index contributed by atoms with van der Waals surface area (Å²) < 4.78 is 1.84. The quantitative estimate of drug-likeness (QED) is 0.718. The second kappa shape index (κ2) is 7.59. The average molecular weight is 397 g/mol. The first-order valence-corrected chi connectivity index (χ1v) is 11.1. The molecule has 1 saturated carbocycles. The van der Waals surface area contributed by atoms with Gasteiger partial charge in [0.15, 0.2) is 5.82 Å². The van der Waals surface area contributed by atoms with E-state index in [4.69, 9.17) is 0 Å². The second-order valence-electron chi connectivity index (χ2n) is 9.49. The van der Waals surface area contributed by atoms with Gasteiger partial charge in [0.2, 0.25) is 5.91 Å². The Bertz CT molecular complexity index is 861. The Morgan fingerprint density at radius 3 is 2.83 bits per heavy atom. The lowest BCUT2D eigenvalue weighted by Crippen LogP contribution is -2.41. The summed E-state index contributed by atoms with van der Waals surface area (Å²) in [6, 6.07) is 5.42. The number of hydrogen-bond donors (Lipinski definition) is 2. The molecule has 3 fully saturated rings. The largest absolute Gasteiger partial charge is 0.368 e. The summed E-state index contributed by atoms with van der Waals surface area (Å²) in [6.07, 6.45) is 12.7. The fourth-order valence-electron chi connectivity index (χ4n) is 5.46. The number of nitrogens with one attached hydrogen (secondary N) is 2. The number of aromatic nitrogens is 3. The minimum Gasteiger partial charge on any atom is -0.368 e. The van der Waals surface area contributed by atoms with Crippen molar-refractivity contribution in [2.45, 2.75) is 63.5 Å². The lowest BCUT2D eigenvalue weighted by Gasteiger charge is -2.36. The zero-order valence-electron chi connectivity index (χ0n) is 17.3. The number of nitrogens with zero attached hydrogens (tertiary/aromatic N) is 4.